The van der Waals surface area contributed by atoms with Crippen LogP contribution in [-0.2, 0) is 28.6 Å². The molecule has 0 aromatic carbocycles. The highest BCUT2D eigenvalue weighted by Gasteiger charge is 2.19. The van der Waals surface area contributed by atoms with E-state index in [0.717, 1.165) is 69.6 Å². The van der Waals surface area contributed by atoms with E-state index in [1.807, 2.05) is 0 Å². The number of hydrogen-bond acceptors (Lipinski definition) is 6. The van der Waals surface area contributed by atoms with Gasteiger partial charge in [0, 0.05) is 19.3 Å². The van der Waals surface area contributed by atoms with Crippen molar-refractivity contribution in [3.8, 4) is 0 Å². The highest BCUT2D eigenvalue weighted by atomic mass is 16.6. The molecule has 0 saturated heterocycles. The highest BCUT2D eigenvalue weighted by Crippen LogP contribution is 2.18. The van der Waals surface area contributed by atoms with Crippen molar-refractivity contribution in [3.63, 3.8) is 0 Å². The van der Waals surface area contributed by atoms with Gasteiger partial charge in [-0.05, 0) is 31.1 Å². The van der Waals surface area contributed by atoms with Crippen molar-refractivity contribution in [2.45, 2.75) is 298 Å². The van der Waals surface area contributed by atoms with Crippen LogP contribution in [0.5, 0.6) is 0 Å². The molecule has 1 unspecified atom stereocenters. The first-order valence-electron chi connectivity index (χ1n) is 26.3. The molecule has 0 heterocycles. The molecule has 0 aromatic rings. The summed E-state index contributed by atoms with van der Waals surface area (Å²) < 4.78 is 16.8. The molecule has 0 N–H and O–H groups in total. The second-order valence-corrected chi connectivity index (χ2v) is 18.9. The summed E-state index contributed by atoms with van der Waals surface area (Å²) in [5, 5.41) is 0. The van der Waals surface area contributed by atoms with Crippen molar-refractivity contribution in [2.24, 2.45) is 11.8 Å². The molecule has 2 atom stereocenters. The number of rotatable bonds is 47. The fourth-order valence-corrected chi connectivity index (χ4v) is 7.96. The molecular formula is C53H102O6. The van der Waals surface area contributed by atoms with Crippen LogP contribution < -0.4 is 0 Å². The fraction of sp³-hybridized carbons (Fsp3) is 0.943. The molecule has 0 rings (SSSR count). The molecule has 0 aromatic heterocycles. The molecule has 0 amide bonds. The zero-order valence-corrected chi connectivity index (χ0v) is 40.4. The van der Waals surface area contributed by atoms with Gasteiger partial charge in [-0.1, -0.05) is 253 Å². The minimum atomic E-state index is -0.762. The number of ether oxygens (including phenoxy) is 3. The molecule has 0 saturated carbocycles. The second-order valence-electron chi connectivity index (χ2n) is 18.9. The van der Waals surface area contributed by atoms with Gasteiger partial charge in [-0.2, -0.15) is 0 Å². The Bertz CT molecular complexity index is 902. The van der Waals surface area contributed by atoms with Crippen LogP contribution in [-0.4, -0.2) is 37.2 Å². The van der Waals surface area contributed by atoms with Crippen LogP contribution in [0, 0.1) is 11.8 Å². The first kappa shape index (κ1) is 57.4. The van der Waals surface area contributed by atoms with E-state index in [2.05, 4.69) is 34.6 Å². The van der Waals surface area contributed by atoms with Gasteiger partial charge in [0.2, 0.25) is 0 Å². The third kappa shape index (κ3) is 45.8. The lowest BCUT2D eigenvalue weighted by atomic mass is 9.99. The average molecular weight is 835 g/mol. The maximum Gasteiger partial charge on any atom is 0.306 e. The summed E-state index contributed by atoms with van der Waals surface area (Å²) >= 11 is 0. The Morgan fingerprint density at radius 2 is 0.644 bits per heavy atom. The SMILES string of the molecule is CCCCCCCCCCCCCCCCCCCC(=O)OC[C@@H](COC(=O)CCCCCCCCCCCCC(C)CC)OC(=O)CCCCCCCCCC(C)C. The van der Waals surface area contributed by atoms with Crippen LogP contribution in [0.1, 0.15) is 291 Å². The highest BCUT2D eigenvalue weighted by molar-refractivity contribution is 5.71. The third-order valence-electron chi connectivity index (χ3n) is 12.3. The van der Waals surface area contributed by atoms with Crippen LogP contribution in [0.4, 0.5) is 0 Å². The van der Waals surface area contributed by atoms with Gasteiger partial charge in [0.1, 0.15) is 13.2 Å². The summed E-state index contributed by atoms with van der Waals surface area (Å²) in [6, 6.07) is 0. The lowest BCUT2D eigenvalue weighted by Gasteiger charge is -2.18. The van der Waals surface area contributed by atoms with E-state index in [1.54, 1.807) is 0 Å². The van der Waals surface area contributed by atoms with Gasteiger partial charge in [-0.25, -0.2) is 0 Å². The molecule has 0 spiro atoms. The number of hydrogen-bond donors (Lipinski definition) is 0. The first-order chi connectivity index (χ1) is 28.8. The molecule has 0 bridgehead atoms. The van der Waals surface area contributed by atoms with Gasteiger partial charge >= 0.3 is 17.9 Å². The van der Waals surface area contributed by atoms with Crippen LogP contribution >= 0.6 is 0 Å². The van der Waals surface area contributed by atoms with Crippen molar-refractivity contribution < 1.29 is 28.6 Å². The van der Waals surface area contributed by atoms with E-state index in [9.17, 15) is 14.4 Å². The van der Waals surface area contributed by atoms with E-state index in [-0.39, 0.29) is 31.1 Å². The molecule has 0 aliphatic heterocycles. The molecule has 0 radical (unpaired) electrons. The van der Waals surface area contributed by atoms with Gasteiger partial charge < -0.3 is 14.2 Å². The molecule has 0 aliphatic rings. The van der Waals surface area contributed by atoms with Crippen molar-refractivity contribution in [2.75, 3.05) is 13.2 Å². The average Bonchev–Trinajstić information content (AvgIpc) is 3.22. The second kappa shape index (κ2) is 45.9. The largest absolute Gasteiger partial charge is 0.462 e. The first-order valence-corrected chi connectivity index (χ1v) is 26.3. The van der Waals surface area contributed by atoms with Crippen molar-refractivity contribution >= 4 is 17.9 Å². The van der Waals surface area contributed by atoms with E-state index in [1.165, 1.54) is 180 Å². The monoisotopic (exact) mass is 835 g/mol. The summed E-state index contributed by atoms with van der Waals surface area (Å²) in [5.41, 5.74) is 0. The molecule has 350 valence electrons. The fourth-order valence-electron chi connectivity index (χ4n) is 7.96. The number of unbranched alkanes of at least 4 members (excludes halogenated alkanes) is 31. The van der Waals surface area contributed by atoms with Crippen molar-refractivity contribution in [1.82, 2.24) is 0 Å². The predicted octanol–water partition coefficient (Wildman–Crippen LogP) is 16.9. The molecule has 0 fully saturated rings. The zero-order valence-electron chi connectivity index (χ0n) is 40.4. The predicted molar refractivity (Wildman–Crippen MR) is 252 cm³/mol. The standard InChI is InChI=1S/C53H102O6/c1-6-8-9-10-11-12-13-14-15-16-17-18-19-23-28-33-38-43-51(54)57-46-50(59-53(56)45-40-35-30-25-26-31-36-41-48(3)4)47-58-52(55)44-39-34-29-24-21-20-22-27-32-37-42-49(5)7-2/h48-50H,6-47H2,1-5H3/t49?,50-/m0/s1. The normalized spacial score (nSPS) is 12.5. The van der Waals surface area contributed by atoms with Crippen molar-refractivity contribution in [3.05, 3.63) is 0 Å². The Hall–Kier alpha value is -1.59. The lowest BCUT2D eigenvalue weighted by molar-refractivity contribution is -0.167. The Labute approximate surface area is 368 Å². The zero-order chi connectivity index (χ0) is 43.3. The summed E-state index contributed by atoms with van der Waals surface area (Å²) in [6.45, 7) is 11.4. The minimum absolute atomic E-state index is 0.0644. The minimum Gasteiger partial charge on any atom is -0.462 e. The van der Waals surface area contributed by atoms with E-state index in [4.69, 9.17) is 14.2 Å². The van der Waals surface area contributed by atoms with Crippen LogP contribution in [0.25, 0.3) is 0 Å². The summed E-state index contributed by atoms with van der Waals surface area (Å²) in [5.74, 6) is 0.796. The van der Waals surface area contributed by atoms with Crippen LogP contribution in [0.2, 0.25) is 0 Å². The number of carbonyl (C=O) groups is 3. The van der Waals surface area contributed by atoms with Gasteiger partial charge in [-0.3, -0.25) is 14.4 Å². The smallest absolute Gasteiger partial charge is 0.306 e. The molecule has 6 heteroatoms. The topological polar surface area (TPSA) is 78.9 Å². The third-order valence-corrected chi connectivity index (χ3v) is 12.3. The van der Waals surface area contributed by atoms with E-state index in [0.29, 0.717) is 19.3 Å². The van der Waals surface area contributed by atoms with Gasteiger partial charge in [0.25, 0.3) is 0 Å². The maximum absolute atomic E-state index is 12.7. The summed E-state index contributed by atoms with van der Waals surface area (Å²) in [6.07, 6.45) is 46.6. The Morgan fingerprint density at radius 1 is 0.356 bits per heavy atom. The van der Waals surface area contributed by atoms with Crippen LogP contribution in [0.15, 0.2) is 0 Å². The molecule has 6 nitrogen and oxygen atoms in total. The van der Waals surface area contributed by atoms with Crippen molar-refractivity contribution in [1.29, 1.82) is 0 Å². The Morgan fingerprint density at radius 3 is 0.966 bits per heavy atom. The van der Waals surface area contributed by atoms with Gasteiger partial charge in [0.05, 0.1) is 0 Å². The van der Waals surface area contributed by atoms with E-state index >= 15 is 0 Å². The van der Waals surface area contributed by atoms with Gasteiger partial charge in [0.15, 0.2) is 6.10 Å². The molecule has 59 heavy (non-hydrogen) atoms. The molecular weight excluding hydrogens is 733 g/mol. The summed E-state index contributed by atoms with van der Waals surface area (Å²) in [7, 11) is 0. The van der Waals surface area contributed by atoms with Crippen LogP contribution in [0.3, 0.4) is 0 Å². The Balaban J connectivity index is 4.26. The maximum atomic E-state index is 12.7. The lowest BCUT2D eigenvalue weighted by Crippen LogP contribution is -2.30. The van der Waals surface area contributed by atoms with Gasteiger partial charge in [-0.15, -0.1) is 0 Å². The van der Waals surface area contributed by atoms with E-state index < -0.39 is 6.10 Å². The number of carbonyl (C=O) groups excluding carboxylic acids is 3. The molecule has 0 aliphatic carbocycles. The Kier molecular flexibility index (Phi) is 44.7. The number of esters is 3. The summed E-state index contributed by atoms with van der Waals surface area (Å²) in [4.78, 5) is 37.9. The quantitative estimate of drug-likeness (QED) is 0.0345.